The molecule has 0 aliphatic carbocycles. The van der Waals surface area contributed by atoms with Gasteiger partial charge in [-0.1, -0.05) is 6.07 Å². The van der Waals surface area contributed by atoms with Gasteiger partial charge in [-0.15, -0.1) is 10.2 Å². The summed E-state index contributed by atoms with van der Waals surface area (Å²) < 4.78 is 0. The van der Waals surface area contributed by atoms with Gasteiger partial charge in [0.2, 0.25) is 0 Å². The van der Waals surface area contributed by atoms with Crippen molar-refractivity contribution < 1.29 is 9.90 Å². The Labute approximate surface area is 129 Å². The van der Waals surface area contributed by atoms with Crippen LogP contribution in [0.15, 0.2) is 36.4 Å². The van der Waals surface area contributed by atoms with Gasteiger partial charge in [0.05, 0.1) is 5.69 Å². The van der Waals surface area contributed by atoms with Crippen molar-refractivity contribution in [2.75, 3.05) is 19.0 Å². The first-order valence-electron chi connectivity index (χ1n) is 6.92. The van der Waals surface area contributed by atoms with Gasteiger partial charge in [0.15, 0.2) is 11.6 Å². The lowest BCUT2D eigenvalue weighted by molar-refractivity contribution is -0.112. The number of hydrogen-bond donors (Lipinski definition) is 1. The molecule has 1 heterocycles. The lowest BCUT2D eigenvalue weighted by Crippen LogP contribution is -2.11. The highest BCUT2D eigenvalue weighted by molar-refractivity contribution is 5.95. The third-order valence-corrected chi connectivity index (χ3v) is 3.26. The second kappa shape index (κ2) is 6.39. The van der Waals surface area contributed by atoms with E-state index in [9.17, 15) is 9.90 Å². The van der Waals surface area contributed by atoms with E-state index in [-0.39, 0.29) is 11.5 Å². The van der Waals surface area contributed by atoms with Crippen molar-refractivity contribution in [3.8, 4) is 17.0 Å². The number of allylic oxidation sites excluding steroid dienone is 2. The predicted octanol–water partition coefficient (Wildman–Crippen LogP) is 2.91. The zero-order chi connectivity index (χ0) is 16.3. The molecule has 22 heavy (non-hydrogen) atoms. The first kappa shape index (κ1) is 15.7. The lowest BCUT2D eigenvalue weighted by atomic mass is 10.0. The van der Waals surface area contributed by atoms with E-state index in [2.05, 4.69) is 10.2 Å². The number of phenolic OH excluding ortho intramolecular Hbond substituents is 1. The molecule has 5 nitrogen and oxygen atoms in total. The topological polar surface area (TPSA) is 66.3 Å². The first-order valence-corrected chi connectivity index (χ1v) is 6.92. The Bertz CT molecular complexity index is 719. The van der Waals surface area contributed by atoms with Gasteiger partial charge in [0.25, 0.3) is 0 Å². The Kier molecular flexibility index (Phi) is 4.56. The fraction of sp³-hybridized carbons (Fsp3) is 0.235. The van der Waals surface area contributed by atoms with Crippen LogP contribution >= 0.6 is 0 Å². The van der Waals surface area contributed by atoms with Crippen LogP contribution in [0.4, 0.5) is 5.82 Å². The number of rotatable bonds is 4. The molecule has 0 radical (unpaired) electrons. The van der Waals surface area contributed by atoms with Crippen LogP contribution in [0.2, 0.25) is 0 Å². The van der Waals surface area contributed by atoms with Crippen LogP contribution in [0.25, 0.3) is 16.8 Å². The number of anilines is 1. The van der Waals surface area contributed by atoms with Crippen molar-refractivity contribution in [3.05, 3.63) is 42.0 Å². The molecule has 0 aliphatic heterocycles. The van der Waals surface area contributed by atoms with E-state index in [4.69, 9.17) is 0 Å². The second-order valence-corrected chi connectivity index (χ2v) is 5.34. The van der Waals surface area contributed by atoms with Crippen LogP contribution in [0.1, 0.15) is 19.4 Å². The SMILES string of the molecule is CC(=O)/C=C(\C)c1ccc(-c2ccc(N(C)C)nn2)c(O)c1. The summed E-state index contributed by atoms with van der Waals surface area (Å²) in [6, 6.07) is 8.92. The van der Waals surface area contributed by atoms with Gasteiger partial charge in [-0.2, -0.15) is 0 Å². The van der Waals surface area contributed by atoms with Gasteiger partial charge in [-0.05, 0) is 55.3 Å². The highest BCUT2D eigenvalue weighted by Gasteiger charge is 2.09. The molecule has 0 unspecified atom stereocenters. The third-order valence-electron chi connectivity index (χ3n) is 3.26. The highest BCUT2D eigenvalue weighted by Crippen LogP contribution is 2.30. The molecule has 0 saturated heterocycles. The zero-order valence-corrected chi connectivity index (χ0v) is 13.2. The zero-order valence-electron chi connectivity index (χ0n) is 13.2. The van der Waals surface area contributed by atoms with E-state index in [1.807, 2.05) is 44.1 Å². The number of ketones is 1. The number of carbonyl (C=O) groups excluding carboxylic acids is 1. The maximum atomic E-state index is 11.1. The Hall–Kier alpha value is -2.69. The van der Waals surface area contributed by atoms with Crippen molar-refractivity contribution in [1.82, 2.24) is 10.2 Å². The van der Waals surface area contributed by atoms with E-state index in [1.165, 1.54) is 6.92 Å². The van der Waals surface area contributed by atoms with Crippen molar-refractivity contribution in [2.45, 2.75) is 13.8 Å². The normalized spacial score (nSPS) is 11.4. The van der Waals surface area contributed by atoms with E-state index < -0.39 is 0 Å². The monoisotopic (exact) mass is 297 g/mol. The average Bonchev–Trinajstić information content (AvgIpc) is 2.46. The average molecular weight is 297 g/mol. The summed E-state index contributed by atoms with van der Waals surface area (Å²) >= 11 is 0. The Balaban J connectivity index is 2.36. The smallest absolute Gasteiger partial charge is 0.152 e. The van der Waals surface area contributed by atoms with Gasteiger partial charge in [-0.3, -0.25) is 4.79 Å². The molecule has 0 saturated carbocycles. The number of hydrogen-bond acceptors (Lipinski definition) is 5. The molecule has 0 bridgehead atoms. The maximum Gasteiger partial charge on any atom is 0.152 e. The molecule has 2 rings (SSSR count). The minimum Gasteiger partial charge on any atom is -0.507 e. The van der Waals surface area contributed by atoms with E-state index in [0.717, 1.165) is 17.0 Å². The Morgan fingerprint density at radius 3 is 2.36 bits per heavy atom. The molecule has 1 aromatic carbocycles. The van der Waals surface area contributed by atoms with E-state index >= 15 is 0 Å². The minimum absolute atomic E-state index is 0.0220. The molecule has 0 amide bonds. The number of aromatic hydroxyl groups is 1. The molecular formula is C17H19N3O2. The molecule has 2 aromatic rings. The van der Waals surface area contributed by atoms with Crippen molar-refractivity contribution >= 4 is 17.2 Å². The fourth-order valence-corrected chi connectivity index (χ4v) is 2.09. The largest absolute Gasteiger partial charge is 0.507 e. The number of phenols is 1. The summed E-state index contributed by atoms with van der Waals surface area (Å²) in [6.07, 6.45) is 1.54. The first-order chi connectivity index (χ1) is 10.4. The number of aromatic nitrogens is 2. The van der Waals surface area contributed by atoms with Gasteiger partial charge >= 0.3 is 0 Å². The molecular weight excluding hydrogens is 278 g/mol. The maximum absolute atomic E-state index is 11.1. The lowest BCUT2D eigenvalue weighted by Gasteiger charge is -2.11. The van der Waals surface area contributed by atoms with E-state index in [1.54, 1.807) is 18.2 Å². The molecule has 0 fully saturated rings. The van der Waals surface area contributed by atoms with Crippen LogP contribution in [0.5, 0.6) is 5.75 Å². The van der Waals surface area contributed by atoms with Crippen LogP contribution < -0.4 is 4.90 Å². The summed E-state index contributed by atoms with van der Waals surface area (Å²) in [5.41, 5.74) is 2.82. The van der Waals surface area contributed by atoms with Gasteiger partial charge < -0.3 is 10.0 Å². The molecule has 1 aromatic heterocycles. The van der Waals surface area contributed by atoms with Gasteiger partial charge in [0, 0.05) is 19.7 Å². The molecule has 0 aliphatic rings. The standard InChI is InChI=1S/C17H19N3O2/c1-11(9-12(2)21)13-5-6-14(16(22)10-13)15-7-8-17(19-18-15)20(3)4/h5-10,22H,1-4H3/b11-9+. The van der Waals surface area contributed by atoms with Crippen LogP contribution in [0.3, 0.4) is 0 Å². The molecule has 114 valence electrons. The van der Waals surface area contributed by atoms with E-state index in [0.29, 0.717) is 11.3 Å². The van der Waals surface area contributed by atoms with Crippen molar-refractivity contribution in [3.63, 3.8) is 0 Å². The molecule has 1 N–H and O–H groups in total. The summed E-state index contributed by atoms with van der Waals surface area (Å²) in [5, 5.41) is 18.5. The van der Waals surface area contributed by atoms with Crippen molar-refractivity contribution in [1.29, 1.82) is 0 Å². The third kappa shape index (κ3) is 3.49. The quantitative estimate of drug-likeness (QED) is 0.879. The van der Waals surface area contributed by atoms with Crippen LogP contribution in [0, 0.1) is 0 Å². The summed E-state index contributed by atoms with van der Waals surface area (Å²) in [4.78, 5) is 13.0. The predicted molar refractivity (Wildman–Crippen MR) is 87.8 cm³/mol. The summed E-state index contributed by atoms with van der Waals surface area (Å²) in [7, 11) is 3.78. The highest BCUT2D eigenvalue weighted by atomic mass is 16.3. The minimum atomic E-state index is -0.0220. The molecule has 5 heteroatoms. The number of carbonyl (C=O) groups is 1. The second-order valence-electron chi connectivity index (χ2n) is 5.34. The Morgan fingerprint density at radius 1 is 1.14 bits per heavy atom. The van der Waals surface area contributed by atoms with Gasteiger partial charge in [0.1, 0.15) is 5.75 Å². The van der Waals surface area contributed by atoms with Crippen LogP contribution in [-0.2, 0) is 4.79 Å². The molecule has 0 spiro atoms. The van der Waals surface area contributed by atoms with Crippen molar-refractivity contribution in [2.24, 2.45) is 0 Å². The number of benzene rings is 1. The number of nitrogens with zero attached hydrogens (tertiary/aromatic N) is 3. The van der Waals surface area contributed by atoms with Gasteiger partial charge in [-0.25, -0.2) is 0 Å². The Morgan fingerprint density at radius 2 is 1.86 bits per heavy atom. The summed E-state index contributed by atoms with van der Waals surface area (Å²) in [6.45, 7) is 3.33. The summed E-state index contributed by atoms with van der Waals surface area (Å²) in [5.74, 6) is 0.840. The van der Waals surface area contributed by atoms with Crippen LogP contribution in [-0.4, -0.2) is 35.2 Å². The molecule has 0 atom stereocenters. The fourth-order valence-electron chi connectivity index (χ4n) is 2.09.